The smallest absolute Gasteiger partial charge is 0.0183 e. The second kappa shape index (κ2) is 6.74. The summed E-state index contributed by atoms with van der Waals surface area (Å²) in [6.45, 7) is 3.48. The van der Waals surface area contributed by atoms with Crippen LogP contribution in [0.3, 0.4) is 0 Å². The maximum atomic E-state index is 3.31. The van der Waals surface area contributed by atoms with E-state index in [-0.39, 0.29) is 0 Å². The minimum Gasteiger partial charge on any atom is -0.391 e. The second-order valence-corrected chi connectivity index (χ2v) is 4.85. The van der Waals surface area contributed by atoms with Crippen LogP contribution < -0.4 is 5.32 Å². The van der Waals surface area contributed by atoms with Crippen LogP contribution in [0.5, 0.6) is 0 Å². The molecule has 0 bridgehead atoms. The number of rotatable bonds is 1. The quantitative estimate of drug-likeness (QED) is 0.684. The summed E-state index contributed by atoms with van der Waals surface area (Å²) in [4.78, 5) is 2.66. The van der Waals surface area contributed by atoms with Crippen molar-refractivity contribution in [1.29, 1.82) is 0 Å². The van der Waals surface area contributed by atoms with E-state index in [2.05, 4.69) is 34.6 Å². The molecule has 0 aromatic carbocycles. The van der Waals surface area contributed by atoms with Gasteiger partial charge in [-0.05, 0) is 38.3 Å². The molecule has 1 aliphatic heterocycles. The van der Waals surface area contributed by atoms with Gasteiger partial charge in [0, 0.05) is 25.7 Å². The van der Waals surface area contributed by atoms with Crippen LogP contribution in [0, 0.1) is 0 Å². The Balaban J connectivity index is 1.91. The lowest BCUT2D eigenvalue weighted by Gasteiger charge is -2.32. The van der Waals surface area contributed by atoms with E-state index in [1.807, 2.05) is 0 Å². The molecule has 2 nitrogen and oxygen atoms in total. The Hall–Kier alpha value is -0.760. The predicted octanol–water partition coefficient (Wildman–Crippen LogP) is 2.68. The van der Waals surface area contributed by atoms with Crippen molar-refractivity contribution < 1.29 is 0 Å². The Bertz CT molecular complexity index is 219. The van der Waals surface area contributed by atoms with Crippen LogP contribution in [0.15, 0.2) is 24.4 Å². The van der Waals surface area contributed by atoms with Gasteiger partial charge in [-0.2, -0.15) is 0 Å². The van der Waals surface area contributed by atoms with Crippen molar-refractivity contribution in [2.75, 3.05) is 19.6 Å². The lowest BCUT2D eigenvalue weighted by Crippen LogP contribution is -2.38. The van der Waals surface area contributed by atoms with E-state index in [0.717, 1.165) is 19.1 Å². The van der Waals surface area contributed by atoms with Gasteiger partial charge in [0.25, 0.3) is 0 Å². The van der Waals surface area contributed by atoms with Crippen molar-refractivity contribution in [3.05, 3.63) is 24.4 Å². The third-order valence-corrected chi connectivity index (χ3v) is 3.59. The predicted molar refractivity (Wildman–Crippen MR) is 69.3 cm³/mol. The van der Waals surface area contributed by atoms with Crippen LogP contribution in [0.4, 0.5) is 0 Å². The topological polar surface area (TPSA) is 15.3 Å². The summed E-state index contributed by atoms with van der Waals surface area (Å²) < 4.78 is 0. The van der Waals surface area contributed by atoms with Gasteiger partial charge in [-0.25, -0.2) is 0 Å². The first-order valence-electron chi connectivity index (χ1n) is 6.74. The first-order chi connectivity index (χ1) is 7.97. The molecule has 90 valence electrons. The zero-order valence-corrected chi connectivity index (χ0v) is 10.2. The molecule has 2 aliphatic rings. The molecule has 2 heteroatoms. The SMILES string of the molecule is C1=C\CC(N2C/C=C\NCCC2)CCCC/1. The van der Waals surface area contributed by atoms with Gasteiger partial charge in [-0.15, -0.1) is 0 Å². The Morgan fingerprint density at radius 3 is 3.06 bits per heavy atom. The minimum absolute atomic E-state index is 0.777. The molecular weight excluding hydrogens is 196 g/mol. The van der Waals surface area contributed by atoms with Crippen molar-refractivity contribution in [1.82, 2.24) is 10.2 Å². The standard InChI is InChI=1S/C14H24N2/c1-2-4-8-14(9-5-3-1)16-12-6-10-15-11-7-13-16/h2,4,6,10,14-15H,1,3,5,7-9,11-13H2/b4-2-,10-6-. The van der Waals surface area contributed by atoms with Crippen LogP contribution in [0.2, 0.25) is 0 Å². The average molecular weight is 220 g/mol. The molecule has 0 saturated carbocycles. The Morgan fingerprint density at radius 1 is 1.06 bits per heavy atom. The zero-order chi connectivity index (χ0) is 11.1. The van der Waals surface area contributed by atoms with Gasteiger partial charge in [-0.1, -0.05) is 24.6 Å². The molecular formula is C14H24N2. The van der Waals surface area contributed by atoms with Gasteiger partial charge in [0.2, 0.25) is 0 Å². The number of allylic oxidation sites excluding steroid dienone is 1. The molecule has 16 heavy (non-hydrogen) atoms. The van der Waals surface area contributed by atoms with Crippen LogP contribution in [-0.2, 0) is 0 Å². The maximum absolute atomic E-state index is 3.31. The highest BCUT2D eigenvalue weighted by Crippen LogP contribution is 2.18. The number of hydrogen-bond acceptors (Lipinski definition) is 2. The molecule has 0 spiro atoms. The van der Waals surface area contributed by atoms with Crippen LogP contribution >= 0.6 is 0 Å². The van der Waals surface area contributed by atoms with Crippen LogP contribution in [0.1, 0.15) is 38.5 Å². The summed E-state index contributed by atoms with van der Waals surface area (Å²) in [5.41, 5.74) is 0. The highest BCUT2D eigenvalue weighted by molar-refractivity contribution is 4.93. The van der Waals surface area contributed by atoms with Crippen LogP contribution in [0.25, 0.3) is 0 Å². The summed E-state index contributed by atoms with van der Waals surface area (Å²) in [5.74, 6) is 0. The van der Waals surface area contributed by atoms with Gasteiger partial charge < -0.3 is 5.32 Å². The first-order valence-corrected chi connectivity index (χ1v) is 6.74. The monoisotopic (exact) mass is 220 g/mol. The Kier molecular flexibility index (Phi) is 4.94. The summed E-state index contributed by atoms with van der Waals surface area (Å²) in [7, 11) is 0. The largest absolute Gasteiger partial charge is 0.391 e. The van der Waals surface area contributed by atoms with Gasteiger partial charge >= 0.3 is 0 Å². The van der Waals surface area contributed by atoms with Crippen molar-refractivity contribution in [2.45, 2.75) is 44.6 Å². The normalized spacial score (nSPS) is 32.6. The molecule has 1 N–H and O–H groups in total. The first kappa shape index (κ1) is 11.7. The van der Waals surface area contributed by atoms with Crippen molar-refractivity contribution in [3.63, 3.8) is 0 Å². The maximum Gasteiger partial charge on any atom is 0.0183 e. The second-order valence-electron chi connectivity index (χ2n) is 4.85. The van der Waals surface area contributed by atoms with Gasteiger partial charge in [-0.3, -0.25) is 4.90 Å². The van der Waals surface area contributed by atoms with E-state index in [4.69, 9.17) is 0 Å². The highest BCUT2D eigenvalue weighted by atomic mass is 15.2. The van der Waals surface area contributed by atoms with E-state index in [9.17, 15) is 0 Å². The van der Waals surface area contributed by atoms with Crippen molar-refractivity contribution in [2.24, 2.45) is 0 Å². The molecule has 1 aliphatic carbocycles. The molecule has 0 fully saturated rings. The summed E-state index contributed by atoms with van der Waals surface area (Å²) in [5, 5.41) is 3.31. The van der Waals surface area contributed by atoms with Crippen molar-refractivity contribution in [3.8, 4) is 0 Å². The van der Waals surface area contributed by atoms with E-state index >= 15 is 0 Å². The minimum atomic E-state index is 0.777. The summed E-state index contributed by atoms with van der Waals surface area (Å²) >= 11 is 0. The molecule has 0 aromatic heterocycles. The zero-order valence-electron chi connectivity index (χ0n) is 10.2. The number of nitrogens with zero attached hydrogens (tertiary/aromatic N) is 1. The molecule has 0 amide bonds. The van der Waals surface area contributed by atoms with E-state index < -0.39 is 0 Å². The molecule has 1 atom stereocenters. The van der Waals surface area contributed by atoms with Gasteiger partial charge in [0.05, 0.1) is 0 Å². The fraction of sp³-hybridized carbons (Fsp3) is 0.714. The fourth-order valence-electron chi connectivity index (χ4n) is 2.62. The Labute approximate surface area is 99.4 Å². The van der Waals surface area contributed by atoms with E-state index in [0.29, 0.717) is 0 Å². The molecule has 1 unspecified atom stereocenters. The van der Waals surface area contributed by atoms with Gasteiger partial charge in [0.1, 0.15) is 0 Å². The number of hydrogen-bond donors (Lipinski definition) is 1. The molecule has 1 heterocycles. The third kappa shape index (κ3) is 3.67. The van der Waals surface area contributed by atoms with E-state index in [1.165, 1.54) is 45.1 Å². The molecule has 0 radical (unpaired) electrons. The molecule has 0 aromatic rings. The summed E-state index contributed by atoms with van der Waals surface area (Å²) in [6.07, 6.45) is 17.1. The van der Waals surface area contributed by atoms with E-state index in [1.54, 1.807) is 0 Å². The summed E-state index contributed by atoms with van der Waals surface area (Å²) in [6, 6.07) is 0.777. The number of nitrogens with one attached hydrogen (secondary N) is 1. The average Bonchev–Trinajstić information content (AvgIpc) is 2.18. The molecule has 2 rings (SSSR count). The Morgan fingerprint density at radius 2 is 2.06 bits per heavy atom. The van der Waals surface area contributed by atoms with Crippen molar-refractivity contribution >= 4 is 0 Å². The van der Waals surface area contributed by atoms with Gasteiger partial charge in [0.15, 0.2) is 0 Å². The fourth-order valence-corrected chi connectivity index (χ4v) is 2.62. The van der Waals surface area contributed by atoms with Crippen LogP contribution in [-0.4, -0.2) is 30.6 Å². The highest BCUT2D eigenvalue weighted by Gasteiger charge is 2.16. The third-order valence-electron chi connectivity index (χ3n) is 3.59. The lowest BCUT2D eigenvalue weighted by molar-refractivity contribution is 0.198. The lowest BCUT2D eigenvalue weighted by atomic mass is 9.99. The molecule has 0 saturated heterocycles.